The first-order valence-corrected chi connectivity index (χ1v) is 6.55. The van der Waals surface area contributed by atoms with E-state index in [1.165, 1.54) is 18.3 Å². The van der Waals surface area contributed by atoms with Crippen LogP contribution in [0.15, 0.2) is 35.4 Å². The van der Waals surface area contributed by atoms with Crippen molar-refractivity contribution in [2.45, 2.75) is 4.90 Å². The van der Waals surface area contributed by atoms with Crippen molar-refractivity contribution in [1.29, 1.82) is 0 Å². The van der Waals surface area contributed by atoms with E-state index in [0.717, 1.165) is 0 Å². The summed E-state index contributed by atoms with van der Waals surface area (Å²) in [6, 6.07) is 6.12. The summed E-state index contributed by atoms with van der Waals surface area (Å²) in [5.41, 5.74) is 0.416. The molecule has 18 heavy (non-hydrogen) atoms. The monoisotopic (exact) mass is 262 g/mol. The zero-order chi connectivity index (χ0) is 13.2. The van der Waals surface area contributed by atoms with E-state index in [-0.39, 0.29) is 11.5 Å². The predicted octanol–water partition coefficient (Wildman–Crippen LogP) is 0.894. The highest BCUT2D eigenvalue weighted by atomic mass is 32.2. The van der Waals surface area contributed by atoms with Crippen LogP contribution in [0.1, 0.15) is 0 Å². The lowest BCUT2D eigenvalue weighted by molar-refractivity contribution is 0.374. The Morgan fingerprint density at radius 3 is 2.83 bits per heavy atom. The molecule has 6 heteroatoms. The van der Waals surface area contributed by atoms with Crippen LogP contribution in [0, 0.1) is 12.3 Å². The van der Waals surface area contributed by atoms with Crippen molar-refractivity contribution >= 4 is 20.9 Å². The van der Waals surface area contributed by atoms with Crippen molar-refractivity contribution in [3.05, 3.63) is 30.5 Å². The van der Waals surface area contributed by atoms with Gasteiger partial charge in [0.25, 0.3) is 0 Å². The number of hydrogen-bond acceptors (Lipinski definition) is 4. The molecule has 0 aliphatic carbocycles. The third-order valence-electron chi connectivity index (χ3n) is 2.31. The van der Waals surface area contributed by atoms with Crippen LogP contribution < -0.4 is 9.88 Å². The fourth-order valence-electron chi connectivity index (χ4n) is 1.60. The second-order valence-corrected chi connectivity index (χ2v) is 5.03. The summed E-state index contributed by atoms with van der Waals surface area (Å²) >= 11 is 0. The molecule has 2 N–H and O–H groups in total. The Hall–Kier alpha value is -2.10. The third-order valence-corrected chi connectivity index (χ3v) is 3.28. The number of terminal acetylenes is 1. The smallest absolute Gasteiger partial charge is 0.238 e. The number of aromatic nitrogens is 1. The predicted molar refractivity (Wildman–Crippen MR) is 67.4 cm³/mol. The number of hydrogen-bond donors (Lipinski definition) is 1. The number of sulfonamides is 1. The van der Waals surface area contributed by atoms with Crippen molar-refractivity contribution in [1.82, 2.24) is 4.98 Å². The second kappa shape index (κ2) is 4.64. The first-order valence-electron chi connectivity index (χ1n) is 5.01. The standard InChI is InChI=1S/C12H10N2O3S/c1-2-8-17-10-5-6-11(18(13,15)16)9-4-3-7-14-12(9)10/h1,3-7H,8H2,(H2,13,15,16). The lowest BCUT2D eigenvalue weighted by Crippen LogP contribution is -2.13. The zero-order valence-corrected chi connectivity index (χ0v) is 10.1. The van der Waals surface area contributed by atoms with Crippen LogP contribution in [0.2, 0.25) is 0 Å². The Morgan fingerprint density at radius 2 is 2.17 bits per heavy atom. The van der Waals surface area contributed by atoms with Crippen LogP contribution in [0.3, 0.4) is 0 Å². The highest BCUT2D eigenvalue weighted by Gasteiger charge is 2.15. The molecule has 0 bridgehead atoms. The van der Waals surface area contributed by atoms with Crippen LogP contribution in [-0.4, -0.2) is 20.0 Å². The maximum Gasteiger partial charge on any atom is 0.238 e. The van der Waals surface area contributed by atoms with Crippen molar-refractivity contribution < 1.29 is 13.2 Å². The van der Waals surface area contributed by atoms with Crippen LogP contribution in [0.4, 0.5) is 0 Å². The molecule has 2 aromatic rings. The lowest BCUT2D eigenvalue weighted by Gasteiger charge is -2.08. The first kappa shape index (κ1) is 12.4. The minimum Gasteiger partial charge on any atom is -0.479 e. The Bertz CT molecular complexity index is 733. The SMILES string of the molecule is C#CCOc1ccc(S(N)(=O)=O)c2cccnc12. The molecule has 0 amide bonds. The van der Waals surface area contributed by atoms with Gasteiger partial charge >= 0.3 is 0 Å². The number of nitrogens with two attached hydrogens (primary N) is 1. The Morgan fingerprint density at radius 1 is 1.39 bits per heavy atom. The Kier molecular flexibility index (Phi) is 3.19. The average molecular weight is 262 g/mol. The summed E-state index contributed by atoms with van der Waals surface area (Å²) in [6.45, 7) is 0.0837. The van der Waals surface area contributed by atoms with Gasteiger partial charge in [-0.15, -0.1) is 6.42 Å². The van der Waals surface area contributed by atoms with Gasteiger partial charge in [0.2, 0.25) is 10.0 Å². The van der Waals surface area contributed by atoms with Gasteiger partial charge in [-0.2, -0.15) is 0 Å². The molecule has 0 saturated heterocycles. The molecule has 5 nitrogen and oxygen atoms in total. The normalized spacial score (nSPS) is 11.1. The number of pyridine rings is 1. The Balaban J connectivity index is 2.71. The maximum atomic E-state index is 11.4. The summed E-state index contributed by atoms with van der Waals surface area (Å²) in [6.07, 6.45) is 6.65. The van der Waals surface area contributed by atoms with Crippen molar-refractivity contribution in [2.24, 2.45) is 5.14 Å². The van der Waals surface area contributed by atoms with Crippen LogP contribution in [0.25, 0.3) is 10.9 Å². The van der Waals surface area contributed by atoms with E-state index < -0.39 is 10.0 Å². The van der Waals surface area contributed by atoms with Crippen LogP contribution in [0.5, 0.6) is 5.75 Å². The molecular formula is C12H10N2O3S. The molecule has 0 saturated carbocycles. The fraction of sp³-hybridized carbons (Fsp3) is 0.0833. The van der Waals surface area contributed by atoms with Gasteiger partial charge in [0.1, 0.15) is 17.9 Å². The largest absolute Gasteiger partial charge is 0.479 e. The molecule has 0 fully saturated rings. The van der Waals surface area contributed by atoms with Crippen LogP contribution >= 0.6 is 0 Å². The van der Waals surface area contributed by atoms with E-state index in [0.29, 0.717) is 16.7 Å². The molecule has 0 radical (unpaired) electrons. The van der Waals surface area contributed by atoms with Gasteiger partial charge in [0.15, 0.2) is 0 Å². The van der Waals surface area contributed by atoms with Gasteiger partial charge in [-0.05, 0) is 24.3 Å². The van der Waals surface area contributed by atoms with Gasteiger partial charge in [0, 0.05) is 11.6 Å². The molecule has 92 valence electrons. The van der Waals surface area contributed by atoms with Gasteiger partial charge in [-0.1, -0.05) is 5.92 Å². The topological polar surface area (TPSA) is 82.3 Å². The van der Waals surface area contributed by atoms with Gasteiger partial charge in [-0.3, -0.25) is 4.98 Å². The summed E-state index contributed by atoms with van der Waals surface area (Å²) in [7, 11) is -3.80. The van der Waals surface area contributed by atoms with Crippen LogP contribution in [-0.2, 0) is 10.0 Å². The summed E-state index contributed by atoms with van der Waals surface area (Å²) in [5, 5.41) is 5.56. The number of primary sulfonamides is 1. The van der Waals surface area contributed by atoms with Crippen molar-refractivity contribution in [3.63, 3.8) is 0 Å². The van der Waals surface area contributed by atoms with E-state index in [9.17, 15) is 8.42 Å². The van der Waals surface area contributed by atoms with Crippen molar-refractivity contribution in [2.75, 3.05) is 6.61 Å². The van der Waals surface area contributed by atoms with E-state index in [2.05, 4.69) is 10.9 Å². The summed E-state index contributed by atoms with van der Waals surface area (Å²) < 4.78 is 28.2. The Labute approximate surface area is 105 Å². The lowest BCUT2D eigenvalue weighted by atomic mass is 10.2. The first-order chi connectivity index (χ1) is 8.54. The molecule has 0 atom stereocenters. The quantitative estimate of drug-likeness (QED) is 0.833. The summed E-state index contributed by atoms with van der Waals surface area (Å²) in [4.78, 5) is 4.11. The molecule has 1 aromatic carbocycles. The molecule has 0 aliphatic rings. The molecule has 0 unspecified atom stereocenters. The number of ether oxygens (including phenoxy) is 1. The van der Waals surface area contributed by atoms with E-state index >= 15 is 0 Å². The molecular weight excluding hydrogens is 252 g/mol. The number of rotatable bonds is 3. The molecule has 2 rings (SSSR count). The highest BCUT2D eigenvalue weighted by Crippen LogP contribution is 2.28. The van der Waals surface area contributed by atoms with Gasteiger partial charge in [-0.25, -0.2) is 13.6 Å². The van der Waals surface area contributed by atoms with Crippen molar-refractivity contribution in [3.8, 4) is 18.1 Å². The molecule has 1 heterocycles. The number of fused-ring (bicyclic) bond motifs is 1. The second-order valence-electron chi connectivity index (χ2n) is 3.50. The van der Waals surface area contributed by atoms with E-state index in [1.807, 2.05) is 0 Å². The minimum absolute atomic E-state index is 0.0126. The van der Waals surface area contributed by atoms with E-state index in [4.69, 9.17) is 16.3 Å². The minimum atomic E-state index is -3.80. The molecule has 0 aliphatic heterocycles. The zero-order valence-electron chi connectivity index (χ0n) is 9.33. The van der Waals surface area contributed by atoms with E-state index in [1.54, 1.807) is 12.1 Å². The van der Waals surface area contributed by atoms with Gasteiger partial charge < -0.3 is 4.74 Å². The fourth-order valence-corrected chi connectivity index (χ4v) is 2.33. The number of benzene rings is 1. The average Bonchev–Trinajstić information content (AvgIpc) is 2.34. The van der Waals surface area contributed by atoms with Gasteiger partial charge in [0.05, 0.1) is 4.90 Å². The maximum absolute atomic E-state index is 11.4. The highest BCUT2D eigenvalue weighted by molar-refractivity contribution is 7.89. The summed E-state index contributed by atoms with van der Waals surface area (Å²) in [5.74, 6) is 2.76. The third kappa shape index (κ3) is 2.27. The number of nitrogens with zero attached hydrogens (tertiary/aromatic N) is 1. The molecule has 0 spiro atoms. The molecule has 1 aromatic heterocycles.